The lowest BCUT2D eigenvalue weighted by Gasteiger charge is -2.48. The molecule has 0 radical (unpaired) electrons. The molecule has 32 heavy (non-hydrogen) atoms. The average Bonchev–Trinajstić information content (AvgIpc) is 2.73. The maximum absolute atomic E-state index is 14.3. The zero-order valence-electron chi connectivity index (χ0n) is 18.1. The van der Waals surface area contributed by atoms with Crippen LogP contribution in [0.5, 0.6) is 5.75 Å². The van der Waals surface area contributed by atoms with Gasteiger partial charge >= 0.3 is 6.18 Å². The predicted molar refractivity (Wildman–Crippen MR) is 115 cm³/mol. The second-order valence-electron chi connectivity index (χ2n) is 8.84. The minimum atomic E-state index is -4.92. The average molecular weight is 447 g/mol. The molecule has 0 fully saturated rings. The van der Waals surface area contributed by atoms with Crippen LogP contribution in [-0.4, -0.2) is 33.8 Å². The van der Waals surface area contributed by atoms with Crippen LogP contribution in [-0.2, 0) is 12.5 Å². The Balaban J connectivity index is 1.96. The molecule has 2 unspecified atom stereocenters. The highest BCUT2D eigenvalue weighted by atomic mass is 19.4. The van der Waals surface area contributed by atoms with Crippen molar-refractivity contribution in [2.45, 2.75) is 43.5 Å². The number of methoxy groups -OCH3 is 1. The van der Waals surface area contributed by atoms with Crippen molar-refractivity contribution in [3.05, 3.63) is 63.9 Å². The van der Waals surface area contributed by atoms with E-state index in [2.05, 4.69) is 10.4 Å². The SMILES string of the molecule is COc1ccc2c(c1)C(C)(C)CC(O)(C(F)(F)F)C2Nc1nn(C)c(=O)c2ccccc12. The molecule has 0 saturated carbocycles. The maximum Gasteiger partial charge on any atom is 0.419 e. The fourth-order valence-corrected chi connectivity index (χ4v) is 4.63. The molecule has 3 aromatic rings. The van der Waals surface area contributed by atoms with Crippen LogP contribution in [0.15, 0.2) is 47.3 Å². The maximum atomic E-state index is 14.3. The third-order valence-electron chi connectivity index (χ3n) is 6.22. The Morgan fingerprint density at radius 3 is 2.47 bits per heavy atom. The van der Waals surface area contributed by atoms with Crippen molar-refractivity contribution in [2.24, 2.45) is 7.05 Å². The third-order valence-corrected chi connectivity index (χ3v) is 6.22. The van der Waals surface area contributed by atoms with Crippen LogP contribution in [0, 0.1) is 0 Å². The molecular formula is C23H24F3N3O3. The van der Waals surface area contributed by atoms with E-state index >= 15 is 0 Å². The van der Waals surface area contributed by atoms with Crippen LogP contribution in [0.1, 0.15) is 37.4 Å². The lowest BCUT2D eigenvalue weighted by Crippen LogP contribution is -2.58. The van der Waals surface area contributed by atoms with Gasteiger partial charge in [0.1, 0.15) is 5.75 Å². The van der Waals surface area contributed by atoms with Crippen LogP contribution >= 0.6 is 0 Å². The Morgan fingerprint density at radius 2 is 1.84 bits per heavy atom. The fraction of sp³-hybridized carbons (Fsp3) is 0.391. The zero-order chi connectivity index (χ0) is 23.5. The van der Waals surface area contributed by atoms with Crippen molar-refractivity contribution in [1.29, 1.82) is 0 Å². The molecular weight excluding hydrogens is 423 g/mol. The minimum Gasteiger partial charge on any atom is -0.497 e. The first-order valence-corrected chi connectivity index (χ1v) is 10.1. The Kier molecular flexibility index (Phi) is 5.00. The van der Waals surface area contributed by atoms with E-state index in [4.69, 9.17) is 4.74 Å². The van der Waals surface area contributed by atoms with Crippen molar-refractivity contribution in [1.82, 2.24) is 9.78 Å². The Hall–Kier alpha value is -3.07. The number of aliphatic hydroxyl groups is 1. The zero-order valence-corrected chi connectivity index (χ0v) is 18.1. The van der Waals surface area contributed by atoms with Crippen LogP contribution in [0.25, 0.3) is 10.8 Å². The number of aryl methyl sites for hydroxylation is 1. The largest absolute Gasteiger partial charge is 0.497 e. The molecule has 2 aromatic carbocycles. The monoisotopic (exact) mass is 447 g/mol. The van der Waals surface area contributed by atoms with E-state index in [1.54, 1.807) is 50.2 Å². The van der Waals surface area contributed by atoms with E-state index in [1.165, 1.54) is 20.2 Å². The molecule has 0 saturated heterocycles. The van der Waals surface area contributed by atoms with Crippen LogP contribution in [0.3, 0.4) is 0 Å². The summed E-state index contributed by atoms with van der Waals surface area (Å²) in [7, 11) is 2.92. The number of anilines is 1. The van der Waals surface area contributed by atoms with E-state index in [-0.39, 0.29) is 11.4 Å². The van der Waals surface area contributed by atoms with E-state index in [0.717, 1.165) is 4.68 Å². The van der Waals surface area contributed by atoms with Gasteiger partial charge in [0.15, 0.2) is 11.4 Å². The number of halogens is 3. The van der Waals surface area contributed by atoms with Gasteiger partial charge in [-0.05, 0) is 41.2 Å². The summed E-state index contributed by atoms with van der Waals surface area (Å²) in [6.07, 6.45) is -5.49. The van der Waals surface area contributed by atoms with Gasteiger partial charge in [-0.15, -0.1) is 0 Å². The van der Waals surface area contributed by atoms with Gasteiger partial charge in [-0.2, -0.15) is 18.3 Å². The van der Waals surface area contributed by atoms with Gasteiger partial charge in [0.05, 0.1) is 18.5 Å². The number of aromatic nitrogens is 2. The molecule has 4 rings (SSSR count). The van der Waals surface area contributed by atoms with Crippen LogP contribution in [0.2, 0.25) is 0 Å². The standard InChI is InChI=1S/C23H24F3N3O3/c1-21(2)12-22(31,23(24,25)26)18(16-10-9-13(32-4)11-17(16)21)27-19-14-7-5-6-8-15(14)20(30)29(3)28-19/h5-11,18,31H,12H2,1-4H3,(H,27,28). The van der Waals surface area contributed by atoms with E-state index in [0.29, 0.717) is 27.6 Å². The normalized spacial score (nSPS) is 22.4. The molecule has 0 amide bonds. The van der Waals surface area contributed by atoms with Crippen molar-refractivity contribution >= 4 is 16.6 Å². The first kappa shape index (κ1) is 22.1. The summed E-state index contributed by atoms with van der Waals surface area (Å²) < 4.78 is 49.3. The van der Waals surface area contributed by atoms with Gasteiger partial charge in [-0.1, -0.05) is 38.1 Å². The topological polar surface area (TPSA) is 76.4 Å². The minimum absolute atomic E-state index is 0.0804. The lowest BCUT2D eigenvalue weighted by atomic mass is 9.63. The Labute approximate surface area is 182 Å². The number of alkyl halides is 3. The van der Waals surface area contributed by atoms with Crippen molar-refractivity contribution in [3.8, 4) is 5.75 Å². The molecule has 9 heteroatoms. The molecule has 0 bridgehead atoms. The summed E-state index contributed by atoms with van der Waals surface area (Å²) >= 11 is 0. The van der Waals surface area contributed by atoms with E-state index in [9.17, 15) is 23.1 Å². The molecule has 2 atom stereocenters. The molecule has 170 valence electrons. The molecule has 0 aliphatic heterocycles. The molecule has 1 aliphatic rings. The number of benzene rings is 2. The summed E-state index contributed by atoms with van der Waals surface area (Å²) in [6, 6.07) is 9.80. The third kappa shape index (κ3) is 3.31. The molecule has 1 aliphatic carbocycles. The Bertz CT molecular complexity index is 1250. The first-order chi connectivity index (χ1) is 14.9. The van der Waals surface area contributed by atoms with Crippen molar-refractivity contribution in [2.75, 3.05) is 12.4 Å². The number of fused-ring (bicyclic) bond motifs is 2. The summed E-state index contributed by atoms with van der Waals surface area (Å²) in [6.45, 7) is 3.33. The first-order valence-electron chi connectivity index (χ1n) is 10.1. The van der Waals surface area contributed by atoms with E-state index < -0.39 is 29.7 Å². The van der Waals surface area contributed by atoms with Gasteiger partial charge in [-0.25, -0.2) is 4.68 Å². The quantitative estimate of drug-likeness (QED) is 0.633. The number of hydrogen-bond acceptors (Lipinski definition) is 5. The molecule has 1 aromatic heterocycles. The van der Waals surface area contributed by atoms with Gasteiger partial charge in [-0.3, -0.25) is 4.79 Å². The highest BCUT2D eigenvalue weighted by Gasteiger charge is 2.64. The number of nitrogens with one attached hydrogen (secondary N) is 1. The smallest absolute Gasteiger partial charge is 0.419 e. The van der Waals surface area contributed by atoms with Gasteiger partial charge in [0, 0.05) is 12.4 Å². The highest BCUT2D eigenvalue weighted by molar-refractivity contribution is 5.91. The van der Waals surface area contributed by atoms with Crippen LogP contribution < -0.4 is 15.6 Å². The number of ether oxygens (including phenoxy) is 1. The summed E-state index contributed by atoms with van der Waals surface area (Å²) in [4.78, 5) is 12.4. The van der Waals surface area contributed by atoms with Gasteiger partial charge < -0.3 is 15.2 Å². The van der Waals surface area contributed by atoms with E-state index in [1.807, 2.05) is 0 Å². The lowest BCUT2D eigenvalue weighted by molar-refractivity contribution is -0.275. The molecule has 6 nitrogen and oxygen atoms in total. The second-order valence-corrected chi connectivity index (χ2v) is 8.84. The summed E-state index contributed by atoms with van der Waals surface area (Å²) in [5.41, 5.74) is -3.49. The molecule has 0 spiro atoms. The fourth-order valence-electron chi connectivity index (χ4n) is 4.63. The summed E-state index contributed by atoms with van der Waals surface area (Å²) in [5.74, 6) is 0.593. The molecule has 2 N–H and O–H groups in total. The van der Waals surface area contributed by atoms with Crippen LogP contribution in [0.4, 0.5) is 19.0 Å². The van der Waals surface area contributed by atoms with Gasteiger partial charge in [0.2, 0.25) is 0 Å². The molecule has 1 heterocycles. The number of rotatable bonds is 3. The Morgan fingerprint density at radius 1 is 1.19 bits per heavy atom. The predicted octanol–water partition coefficient (Wildman–Crippen LogP) is 4.07. The van der Waals surface area contributed by atoms with Crippen molar-refractivity contribution < 1.29 is 23.0 Å². The number of hydrogen-bond donors (Lipinski definition) is 2. The van der Waals surface area contributed by atoms with Crippen molar-refractivity contribution in [3.63, 3.8) is 0 Å². The number of nitrogens with zero attached hydrogens (tertiary/aromatic N) is 2. The second kappa shape index (κ2) is 7.23. The van der Waals surface area contributed by atoms with Gasteiger partial charge in [0.25, 0.3) is 5.56 Å². The summed E-state index contributed by atoms with van der Waals surface area (Å²) in [5, 5.41) is 18.8. The highest BCUT2D eigenvalue weighted by Crippen LogP contribution is 2.54.